The quantitative estimate of drug-likeness (QED) is 0.598. The summed E-state index contributed by atoms with van der Waals surface area (Å²) in [5, 5.41) is 0.491. The van der Waals surface area contributed by atoms with E-state index in [1.807, 2.05) is 0 Å². The molecule has 0 heterocycles. The van der Waals surface area contributed by atoms with Gasteiger partial charge >= 0.3 is 5.97 Å². The SMILES string of the molecule is CC(=O)N(C)CC(=O)Oc1cccc(Cl)c1. The van der Waals surface area contributed by atoms with E-state index in [0.717, 1.165) is 0 Å². The molecule has 0 saturated heterocycles. The van der Waals surface area contributed by atoms with Crippen molar-refractivity contribution >= 4 is 23.5 Å². The monoisotopic (exact) mass is 241 g/mol. The fraction of sp³-hybridized carbons (Fsp3) is 0.273. The summed E-state index contributed by atoms with van der Waals surface area (Å²) in [6, 6.07) is 6.52. The Kier molecular flexibility index (Phi) is 4.31. The Morgan fingerprint density at radius 3 is 2.69 bits per heavy atom. The first-order chi connectivity index (χ1) is 7.49. The Hall–Kier alpha value is -1.55. The molecule has 86 valence electrons. The Bertz CT molecular complexity index is 406. The average Bonchev–Trinajstić information content (AvgIpc) is 2.16. The highest BCUT2D eigenvalue weighted by molar-refractivity contribution is 6.30. The smallest absolute Gasteiger partial charge is 0.331 e. The van der Waals surface area contributed by atoms with Crippen LogP contribution in [0.4, 0.5) is 0 Å². The van der Waals surface area contributed by atoms with Gasteiger partial charge in [0.25, 0.3) is 0 Å². The summed E-state index contributed by atoms with van der Waals surface area (Å²) in [7, 11) is 1.53. The van der Waals surface area contributed by atoms with Crippen LogP contribution in [0.3, 0.4) is 0 Å². The lowest BCUT2D eigenvalue weighted by Gasteiger charge is -2.13. The van der Waals surface area contributed by atoms with Crippen molar-refractivity contribution in [2.45, 2.75) is 6.92 Å². The lowest BCUT2D eigenvalue weighted by Crippen LogP contribution is -2.32. The third-order valence-corrected chi connectivity index (χ3v) is 2.17. The summed E-state index contributed by atoms with van der Waals surface area (Å²) in [6.45, 7) is 1.30. The normalized spacial score (nSPS) is 9.69. The Labute approximate surface area is 98.8 Å². The summed E-state index contributed by atoms with van der Waals surface area (Å²) >= 11 is 5.73. The number of benzene rings is 1. The lowest BCUT2D eigenvalue weighted by molar-refractivity contribution is -0.140. The highest BCUT2D eigenvalue weighted by Gasteiger charge is 2.10. The molecule has 0 radical (unpaired) electrons. The molecule has 16 heavy (non-hydrogen) atoms. The summed E-state index contributed by atoms with van der Waals surface area (Å²) in [6.07, 6.45) is 0. The van der Waals surface area contributed by atoms with Gasteiger partial charge in [-0.3, -0.25) is 4.79 Å². The Morgan fingerprint density at radius 1 is 1.44 bits per heavy atom. The second-order valence-corrected chi connectivity index (χ2v) is 3.74. The maximum atomic E-state index is 11.4. The van der Waals surface area contributed by atoms with E-state index in [4.69, 9.17) is 16.3 Å². The van der Waals surface area contributed by atoms with Crippen LogP contribution in [0.25, 0.3) is 0 Å². The second kappa shape index (κ2) is 5.51. The van der Waals surface area contributed by atoms with Crippen molar-refractivity contribution in [3.05, 3.63) is 29.3 Å². The fourth-order valence-corrected chi connectivity index (χ4v) is 1.18. The Balaban J connectivity index is 2.55. The standard InChI is InChI=1S/C11H12ClNO3/c1-8(14)13(2)7-11(15)16-10-5-3-4-9(12)6-10/h3-6H,7H2,1-2H3. The average molecular weight is 242 g/mol. The van der Waals surface area contributed by atoms with Crippen LogP contribution in [-0.2, 0) is 9.59 Å². The minimum absolute atomic E-state index is 0.0815. The van der Waals surface area contributed by atoms with Crippen LogP contribution in [0.1, 0.15) is 6.92 Å². The highest BCUT2D eigenvalue weighted by Crippen LogP contribution is 2.17. The molecule has 0 bridgehead atoms. The van der Waals surface area contributed by atoms with Gasteiger partial charge in [-0.2, -0.15) is 0 Å². The van der Waals surface area contributed by atoms with Crippen LogP contribution in [0, 0.1) is 0 Å². The molecule has 0 saturated carbocycles. The molecule has 1 aromatic rings. The number of hydrogen-bond acceptors (Lipinski definition) is 3. The predicted molar refractivity (Wildman–Crippen MR) is 60.4 cm³/mol. The minimum atomic E-state index is -0.500. The van der Waals surface area contributed by atoms with Gasteiger partial charge < -0.3 is 9.64 Å². The number of nitrogens with zero attached hydrogens (tertiary/aromatic N) is 1. The number of amides is 1. The first-order valence-electron chi connectivity index (χ1n) is 4.67. The van der Waals surface area contributed by atoms with Crippen molar-refractivity contribution < 1.29 is 14.3 Å². The topological polar surface area (TPSA) is 46.6 Å². The van der Waals surface area contributed by atoms with Crippen LogP contribution in [0.2, 0.25) is 5.02 Å². The summed E-state index contributed by atoms with van der Waals surface area (Å²) in [5.41, 5.74) is 0. The molecule has 0 N–H and O–H groups in total. The molecule has 0 aromatic heterocycles. The predicted octanol–water partition coefficient (Wildman–Crippen LogP) is 1.72. The van der Waals surface area contributed by atoms with E-state index < -0.39 is 5.97 Å². The van der Waals surface area contributed by atoms with Gasteiger partial charge in [-0.1, -0.05) is 17.7 Å². The lowest BCUT2D eigenvalue weighted by atomic mass is 10.3. The van der Waals surface area contributed by atoms with E-state index in [9.17, 15) is 9.59 Å². The number of hydrogen-bond donors (Lipinski definition) is 0. The van der Waals surface area contributed by atoms with Gasteiger partial charge in [-0.15, -0.1) is 0 Å². The van der Waals surface area contributed by atoms with Gasteiger partial charge in [0.15, 0.2) is 0 Å². The number of ether oxygens (including phenoxy) is 1. The molecule has 0 aliphatic heterocycles. The molecule has 0 unspecified atom stereocenters. The molecule has 5 heteroatoms. The fourth-order valence-electron chi connectivity index (χ4n) is 0.999. The van der Waals surface area contributed by atoms with E-state index >= 15 is 0 Å². The molecule has 0 spiro atoms. The van der Waals surface area contributed by atoms with Crippen molar-refractivity contribution in [2.75, 3.05) is 13.6 Å². The van der Waals surface area contributed by atoms with Gasteiger partial charge in [0.2, 0.25) is 5.91 Å². The molecule has 1 rings (SSSR count). The number of esters is 1. The zero-order valence-electron chi connectivity index (χ0n) is 9.07. The van der Waals surface area contributed by atoms with Crippen molar-refractivity contribution in [1.82, 2.24) is 4.90 Å². The maximum absolute atomic E-state index is 11.4. The number of likely N-dealkylation sites (N-methyl/N-ethyl adjacent to an activating group) is 1. The zero-order valence-corrected chi connectivity index (χ0v) is 9.82. The molecule has 1 aromatic carbocycles. The molecule has 0 aliphatic carbocycles. The molecule has 4 nitrogen and oxygen atoms in total. The van der Waals surface area contributed by atoms with E-state index in [1.165, 1.54) is 24.9 Å². The Morgan fingerprint density at radius 2 is 2.12 bits per heavy atom. The van der Waals surface area contributed by atoms with Gasteiger partial charge in [0.1, 0.15) is 12.3 Å². The summed E-state index contributed by atoms with van der Waals surface area (Å²) in [4.78, 5) is 23.5. The first kappa shape index (κ1) is 12.5. The van der Waals surface area contributed by atoms with Crippen LogP contribution in [0.5, 0.6) is 5.75 Å². The van der Waals surface area contributed by atoms with Crippen molar-refractivity contribution in [1.29, 1.82) is 0 Å². The van der Waals surface area contributed by atoms with Gasteiger partial charge in [-0.05, 0) is 18.2 Å². The molecule has 0 aliphatic rings. The van der Waals surface area contributed by atoms with E-state index in [1.54, 1.807) is 18.2 Å². The number of carbonyl (C=O) groups excluding carboxylic acids is 2. The first-order valence-corrected chi connectivity index (χ1v) is 5.05. The van der Waals surface area contributed by atoms with Crippen LogP contribution in [-0.4, -0.2) is 30.4 Å². The molecule has 1 amide bonds. The van der Waals surface area contributed by atoms with Crippen LogP contribution >= 0.6 is 11.6 Å². The second-order valence-electron chi connectivity index (χ2n) is 3.31. The molecule has 0 fully saturated rings. The van der Waals surface area contributed by atoms with Crippen molar-refractivity contribution in [3.63, 3.8) is 0 Å². The summed E-state index contributed by atoms with van der Waals surface area (Å²) in [5.74, 6) is -0.322. The maximum Gasteiger partial charge on any atom is 0.331 e. The van der Waals surface area contributed by atoms with Crippen molar-refractivity contribution in [3.8, 4) is 5.75 Å². The number of halogens is 1. The van der Waals surface area contributed by atoms with Crippen LogP contribution in [0.15, 0.2) is 24.3 Å². The molecular weight excluding hydrogens is 230 g/mol. The zero-order chi connectivity index (χ0) is 12.1. The third-order valence-electron chi connectivity index (χ3n) is 1.93. The highest BCUT2D eigenvalue weighted by atomic mass is 35.5. The largest absolute Gasteiger partial charge is 0.425 e. The minimum Gasteiger partial charge on any atom is -0.425 e. The van der Waals surface area contributed by atoms with Gasteiger partial charge in [0, 0.05) is 19.0 Å². The molecular formula is C11H12ClNO3. The van der Waals surface area contributed by atoms with E-state index in [2.05, 4.69) is 0 Å². The molecule has 0 atom stereocenters. The van der Waals surface area contributed by atoms with Gasteiger partial charge in [-0.25, -0.2) is 4.79 Å². The van der Waals surface area contributed by atoms with E-state index in [0.29, 0.717) is 10.8 Å². The third kappa shape index (κ3) is 3.90. The van der Waals surface area contributed by atoms with Gasteiger partial charge in [0.05, 0.1) is 0 Å². The number of rotatable bonds is 3. The van der Waals surface area contributed by atoms with Crippen molar-refractivity contribution in [2.24, 2.45) is 0 Å². The number of carbonyl (C=O) groups is 2. The summed E-state index contributed by atoms with van der Waals surface area (Å²) < 4.78 is 5.00. The van der Waals surface area contributed by atoms with E-state index in [-0.39, 0.29) is 12.5 Å². The van der Waals surface area contributed by atoms with Crippen LogP contribution < -0.4 is 4.74 Å².